The fourth-order valence-corrected chi connectivity index (χ4v) is 3.73. The largest absolute Gasteiger partial charge is 0.497 e. The monoisotopic (exact) mass is 660 g/mol. The third-order valence-electron chi connectivity index (χ3n) is 6.71. The molecule has 3 aromatic carbocycles. The fraction of sp³-hybridized carbons (Fsp3) is 0.333. The van der Waals surface area contributed by atoms with Crippen molar-refractivity contribution in [2.24, 2.45) is 5.92 Å². The van der Waals surface area contributed by atoms with Gasteiger partial charge in [0.05, 0.1) is 25.9 Å². The maximum Gasteiger partial charge on any atom is 0.343 e. The van der Waals surface area contributed by atoms with E-state index in [-0.39, 0.29) is 5.78 Å². The highest BCUT2D eigenvalue weighted by atomic mass is 16.5. The van der Waals surface area contributed by atoms with Crippen LogP contribution in [0.15, 0.2) is 98.1 Å². The molecule has 0 N–H and O–H groups in total. The van der Waals surface area contributed by atoms with Gasteiger partial charge in [-0.05, 0) is 104 Å². The van der Waals surface area contributed by atoms with Crippen LogP contribution in [-0.4, -0.2) is 58.4 Å². The number of carbonyl (C=O) groups excluding carboxylic acids is 4. The Balaban J connectivity index is 0.000000384. The molecule has 0 bridgehead atoms. The Bertz CT molecular complexity index is 1340. The lowest BCUT2D eigenvalue weighted by Crippen LogP contribution is -2.19. The van der Waals surface area contributed by atoms with Crippen LogP contribution in [-0.2, 0) is 14.3 Å². The lowest BCUT2D eigenvalue weighted by molar-refractivity contribution is -0.120. The molecule has 0 aromatic heterocycles. The second kappa shape index (κ2) is 26.1. The van der Waals surface area contributed by atoms with Gasteiger partial charge in [0.1, 0.15) is 35.6 Å². The molecule has 9 nitrogen and oxygen atoms in total. The van der Waals surface area contributed by atoms with Gasteiger partial charge >= 0.3 is 5.97 Å². The molecule has 9 heteroatoms. The standard InChI is InChI=1S/C18H20O5.C11H14O2.C7H10O.C3H4O/c1-20-12-3-13-22-16-6-4-14(5-7-16)18(19)23-17-10-8-15(21-2)9-11-17;1-2-3-8-13-11-6-4-10(9-12)5-7-11;1-2-7(8)6-4-3-5-6;1-2-3-4/h4-11H,3,12-13H2,1-2H3;4-7,9H,2-3,8H2,1H3;2,6H,1,3-5H2;2-3H,1H2. The summed E-state index contributed by atoms with van der Waals surface area (Å²) in [6.45, 7) is 10.6. The number of rotatable bonds is 16. The van der Waals surface area contributed by atoms with E-state index in [0.29, 0.717) is 53.8 Å². The van der Waals surface area contributed by atoms with Gasteiger partial charge in [-0.25, -0.2) is 4.79 Å². The zero-order chi connectivity index (χ0) is 35.4. The molecule has 0 spiro atoms. The van der Waals surface area contributed by atoms with Crippen LogP contribution < -0.4 is 18.9 Å². The van der Waals surface area contributed by atoms with E-state index in [0.717, 1.165) is 50.7 Å². The Morgan fingerprint density at radius 3 is 1.69 bits per heavy atom. The number of aldehydes is 2. The van der Waals surface area contributed by atoms with Gasteiger partial charge in [-0.1, -0.05) is 32.9 Å². The molecule has 258 valence electrons. The lowest BCUT2D eigenvalue weighted by atomic mass is 9.82. The van der Waals surface area contributed by atoms with Gasteiger partial charge in [0.2, 0.25) is 0 Å². The van der Waals surface area contributed by atoms with Crippen molar-refractivity contribution >= 4 is 24.3 Å². The molecule has 0 heterocycles. The summed E-state index contributed by atoms with van der Waals surface area (Å²) in [5, 5.41) is 0. The third kappa shape index (κ3) is 17.6. The minimum absolute atomic E-state index is 0.233. The zero-order valence-corrected chi connectivity index (χ0v) is 28.3. The molecule has 48 heavy (non-hydrogen) atoms. The molecule has 3 aromatic rings. The van der Waals surface area contributed by atoms with Crippen LogP contribution in [0, 0.1) is 5.92 Å². The number of ether oxygens (including phenoxy) is 5. The quantitative estimate of drug-likeness (QED) is 0.0497. The Kier molecular flexibility index (Phi) is 22.3. The van der Waals surface area contributed by atoms with Crippen LogP contribution in [0.5, 0.6) is 23.0 Å². The van der Waals surface area contributed by atoms with Crippen molar-refractivity contribution < 1.29 is 42.9 Å². The molecule has 0 saturated heterocycles. The van der Waals surface area contributed by atoms with E-state index in [4.69, 9.17) is 28.5 Å². The Morgan fingerprint density at radius 2 is 1.27 bits per heavy atom. The van der Waals surface area contributed by atoms with E-state index in [2.05, 4.69) is 20.1 Å². The van der Waals surface area contributed by atoms with Crippen LogP contribution in [0.25, 0.3) is 0 Å². The zero-order valence-electron chi connectivity index (χ0n) is 28.3. The second-order valence-corrected chi connectivity index (χ2v) is 10.3. The molecule has 0 amide bonds. The molecule has 4 rings (SSSR count). The number of hydrogen-bond donors (Lipinski definition) is 0. The van der Waals surface area contributed by atoms with Crippen molar-refractivity contribution in [3.63, 3.8) is 0 Å². The highest BCUT2D eigenvalue weighted by molar-refractivity contribution is 5.92. The topological polar surface area (TPSA) is 114 Å². The average Bonchev–Trinajstić information content (AvgIpc) is 3.11. The van der Waals surface area contributed by atoms with Gasteiger partial charge in [0, 0.05) is 31.6 Å². The number of hydrogen-bond acceptors (Lipinski definition) is 9. The first-order valence-corrected chi connectivity index (χ1v) is 15.8. The van der Waals surface area contributed by atoms with Crippen LogP contribution in [0.2, 0.25) is 0 Å². The number of esters is 1. The summed E-state index contributed by atoms with van der Waals surface area (Å²) in [6, 6.07) is 20.8. The van der Waals surface area contributed by atoms with E-state index in [1.165, 1.54) is 18.6 Å². The average molecular weight is 661 g/mol. The Labute approximate surface area is 284 Å². The van der Waals surface area contributed by atoms with E-state index < -0.39 is 5.97 Å². The molecule has 0 atom stereocenters. The highest BCUT2D eigenvalue weighted by Crippen LogP contribution is 2.27. The number of allylic oxidation sites excluding steroid dienone is 2. The van der Waals surface area contributed by atoms with Crippen LogP contribution in [0.4, 0.5) is 0 Å². The Morgan fingerprint density at radius 1 is 0.750 bits per heavy atom. The minimum atomic E-state index is -0.416. The Hall–Kier alpha value is -5.02. The summed E-state index contributed by atoms with van der Waals surface area (Å²) >= 11 is 0. The summed E-state index contributed by atoms with van der Waals surface area (Å²) in [5.74, 6) is 2.88. The first-order chi connectivity index (χ1) is 23.3. The molecule has 1 aliphatic carbocycles. The maximum absolute atomic E-state index is 12.1. The number of unbranched alkanes of at least 4 members (excludes halogenated alkanes) is 1. The van der Waals surface area contributed by atoms with Crippen molar-refractivity contribution in [1.29, 1.82) is 0 Å². The van der Waals surface area contributed by atoms with Crippen molar-refractivity contribution in [1.82, 2.24) is 0 Å². The molecule has 0 aliphatic heterocycles. The summed E-state index contributed by atoms with van der Waals surface area (Å²) in [7, 11) is 3.24. The predicted molar refractivity (Wildman–Crippen MR) is 187 cm³/mol. The van der Waals surface area contributed by atoms with Crippen molar-refractivity contribution in [2.75, 3.05) is 34.0 Å². The summed E-state index contributed by atoms with van der Waals surface area (Å²) in [4.78, 5) is 42.1. The number of ketones is 1. The normalized spacial score (nSPS) is 11.1. The molecule has 1 fully saturated rings. The molecule has 0 unspecified atom stereocenters. The van der Waals surface area contributed by atoms with E-state index in [9.17, 15) is 14.4 Å². The van der Waals surface area contributed by atoms with Crippen LogP contribution >= 0.6 is 0 Å². The smallest absolute Gasteiger partial charge is 0.343 e. The van der Waals surface area contributed by atoms with Gasteiger partial charge in [-0.15, -0.1) is 0 Å². The second-order valence-electron chi connectivity index (χ2n) is 10.3. The van der Waals surface area contributed by atoms with Gasteiger partial charge in [-0.3, -0.25) is 14.4 Å². The summed E-state index contributed by atoms with van der Waals surface area (Å²) in [6.07, 6.45) is 10.5. The highest BCUT2D eigenvalue weighted by Gasteiger charge is 2.22. The molecule has 0 radical (unpaired) electrons. The molecular formula is C39H48O9. The van der Waals surface area contributed by atoms with E-state index in [1.54, 1.807) is 74.9 Å². The van der Waals surface area contributed by atoms with E-state index >= 15 is 0 Å². The molecule has 1 aliphatic rings. The number of benzene rings is 3. The third-order valence-corrected chi connectivity index (χ3v) is 6.71. The number of methoxy groups -OCH3 is 2. The van der Waals surface area contributed by atoms with Crippen molar-refractivity contribution in [3.8, 4) is 23.0 Å². The van der Waals surface area contributed by atoms with Gasteiger partial charge in [0.15, 0.2) is 5.78 Å². The predicted octanol–water partition coefficient (Wildman–Crippen LogP) is 7.92. The lowest BCUT2D eigenvalue weighted by Gasteiger charge is -2.21. The molecular weight excluding hydrogens is 612 g/mol. The van der Waals surface area contributed by atoms with Gasteiger partial charge in [0.25, 0.3) is 0 Å². The first-order valence-electron chi connectivity index (χ1n) is 15.8. The summed E-state index contributed by atoms with van der Waals surface area (Å²) in [5.41, 5.74) is 1.15. The minimum Gasteiger partial charge on any atom is -0.497 e. The van der Waals surface area contributed by atoms with Crippen LogP contribution in [0.3, 0.4) is 0 Å². The van der Waals surface area contributed by atoms with Crippen molar-refractivity contribution in [3.05, 3.63) is 109 Å². The first kappa shape index (κ1) is 41.0. The number of carbonyl (C=O) groups is 4. The molecule has 1 saturated carbocycles. The van der Waals surface area contributed by atoms with Gasteiger partial charge < -0.3 is 23.7 Å². The van der Waals surface area contributed by atoms with E-state index in [1.807, 2.05) is 12.1 Å². The van der Waals surface area contributed by atoms with Crippen LogP contribution in [0.1, 0.15) is 66.2 Å². The summed E-state index contributed by atoms with van der Waals surface area (Å²) < 4.78 is 26.3. The fourth-order valence-electron chi connectivity index (χ4n) is 3.73. The van der Waals surface area contributed by atoms with Gasteiger partial charge in [-0.2, -0.15) is 0 Å². The SMILES string of the molecule is C=CC(=O)C1CCC1.C=CC=O.CCCCOc1ccc(C=O)cc1.COCCCOc1ccc(C(=O)Oc2ccc(OC)cc2)cc1. The maximum atomic E-state index is 12.1. The van der Waals surface area contributed by atoms with Crippen molar-refractivity contribution in [2.45, 2.75) is 45.4 Å².